The van der Waals surface area contributed by atoms with Gasteiger partial charge in [-0.3, -0.25) is 0 Å². The Hall–Kier alpha value is -2.18. The van der Waals surface area contributed by atoms with Gasteiger partial charge in [-0.15, -0.1) is 0 Å². The molecule has 0 saturated heterocycles. The van der Waals surface area contributed by atoms with Crippen LogP contribution in [0, 0.1) is 0 Å². The molecule has 0 atom stereocenters. The van der Waals surface area contributed by atoms with Crippen molar-refractivity contribution in [1.29, 1.82) is 0 Å². The van der Waals surface area contributed by atoms with Crippen molar-refractivity contribution in [2.24, 2.45) is 5.84 Å². The Morgan fingerprint density at radius 1 is 1.25 bits per heavy atom. The predicted octanol–water partition coefficient (Wildman–Crippen LogP) is 2.21. The number of anilines is 3. The number of hydrazine groups is 1. The number of aromatic nitrogens is 2. The summed E-state index contributed by atoms with van der Waals surface area (Å²) in [5, 5.41) is 3.29. The highest BCUT2D eigenvalue weighted by Crippen LogP contribution is 2.23. The molecule has 1 aromatic carbocycles. The number of methoxy groups -OCH3 is 1. The smallest absolute Gasteiger partial charge is 0.148 e. The quantitative estimate of drug-likeness (QED) is 0.553. The first-order valence-electron chi connectivity index (χ1n) is 6.43. The molecule has 6 nitrogen and oxygen atoms in total. The van der Waals surface area contributed by atoms with E-state index in [1.807, 2.05) is 31.2 Å². The van der Waals surface area contributed by atoms with Crippen LogP contribution < -0.4 is 16.6 Å². The Bertz CT molecular complexity index is 573. The van der Waals surface area contributed by atoms with Gasteiger partial charge in [-0.25, -0.2) is 15.8 Å². The monoisotopic (exact) mass is 273 g/mol. The van der Waals surface area contributed by atoms with Gasteiger partial charge in [0.2, 0.25) is 0 Å². The number of benzene rings is 1. The van der Waals surface area contributed by atoms with Gasteiger partial charge in [0.25, 0.3) is 0 Å². The zero-order chi connectivity index (χ0) is 14.4. The molecule has 0 amide bonds. The number of ether oxygens (including phenoxy) is 1. The molecule has 1 heterocycles. The van der Waals surface area contributed by atoms with Crippen molar-refractivity contribution in [3.05, 3.63) is 41.7 Å². The third-order valence-electron chi connectivity index (χ3n) is 2.94. The number of nitrogens with two attached hydrogens (primary N) is 1. The molecule has 0 spiro atoms. The summed E-state index contributed by atoms with van der Waals surface area (Å²) in [6.07, 6.45) is 2.26. The molecular formula is C14H19N5O. The molecule has 1 aromatic heterocycles. The summed E-state index contributed by atoms with van der Waals surface area (Å²) in [7, 11) is 1.68. The first kappa shape index (κ1) is 14.2. The van der Waals surface area contributed by atoms with E-state index in [2.05, 4.69) is 20.7 Å². The Balaban J connectivity index is 2.27. The summed E-state index contributed by atoms with van der Waals surface area (Å²) in [5.74, 6) is 6.86. The number of nitrogens with one attached hydrogen (secondary N) is 2. The number of nitrogen functional groups attached to an aromatic ring is 1. The second-order valence-electron chi connectivity index (χ2n) is 4.31. The fourth-order valence-electron chi connectivity index (χ4n) is 2.02. The summed E-state index contributed by atoms with van der Waals surface area (Å²) < 4.78 is 5.13. The third-order valence-corrected chi connectivity index (χ3v) is 2.94. The molecule has 0 saturated carbocycles. The largest absolute Gasteiger partial charge is 0.380 e. The summed E-state index contributed by atoms with van der Waals surface area (Å²) in [4.78, 5) is 8.39. The van der Waals surface area contributed by atoms with E-state index in [1.54, 1.807) is 7.11 Å². The molecular weight excluding hydrogens is 254 g/mol. The van der Waals surface area contributed by atoms with E-state index in [9.17, 15) is 0 Å². The van der Waals surface area contributed by atoms with Crippen molar-refractivity contribution in [3.63, 3.8) is 0 Å². The van der Waals surface area contributed by atoms with Gasteiger partial charge in [0, 0.05) is 18.4 Å². The maximum absolute atomic E-state index is 5.47. The minimum absolute atomic E-state index is 0.579. The summed E-state index contributed by atoms with van der Waals surface area (Å²) in [6, 6.07) is 8.00. The zero-order valence-electron chi connectivity index (χ0n) is 11.7. The SMILES string of the molecule is CCc1c(NN)ncnc1Nc1cccc(COC)c1. The molecule has 0 aliphatic rings. The van der Waals surface area contributed by atoms with Gasteiger partial charge >= 0.3 is 0 Å². The minimum Gasteiger partial charge on any atom is -0.380 e. The van der Waals surface area contributed by atoms with Crippen molar-refractivity contribution in [1.82, 2.24) is 9.97 Å². The highest BCUT2D eigenvalue weighted by atomic mass is 16.5. The molecule has 0 fully saturated rings. The van der Waals surface area contributed by atoms with Crippen LogP contribution in [0.1, 0.15) is 18.1 Å². The maximum Gasteiger partial charge on any atom is 0.148 e. The first-order chi connectivity index (χ1) is 9.78. The maximum atomic E-state index is 5.47. The van der Waals surface area contributed by atoms with Gasteiger partial charge < -0.3 is 15.5 Å². The lowest BCUT2D eigenvalue weighted by atomic mass is 10.2. The number of hydrogen-bond acceptors (Lipinski definition) is 6. The van der Waals surface area contributed by atoms with E-state index in [-0.39, 0.29) is 0 Å². The van der Waals surface area contributed by atoms with Crippen molar-refractivity contribution < 1.29 is 4.74 Å². The molecule has 2 aromatic rings. The average Bonchev–Trinajstić information content (AvgIpc) is 2.47. The molecule has 0 bridgehead atoms. The van der Waals surface area contributed by atoms with Crippen LogP contribution in [0.4, 0.5) is 17.3 Å². The molecule has 0 aliphatic heterocycles. The van der Waals surface area contributed by atoms with Crippen LogP contribution in [0.3, 0.4) is 0 Å². The topological polar surface area (TPSA) is 85.1 Å². The summed E-state index contributed by atoms with van der Waals surface area (Å²) in [6.45, 7) is 2.61. The minimum atomic E-state index is 0.579. The second-order valence-corrected chi connectivity index (χ2v) is 4.31. The number of hydrogen-bond donors (Lipinski definition) is 3. The lowest BCUT2D eigenvalue weighted by Crippen LogP contribution is -2.13. The molecule has 106 valence electrons. The van der Waals surface area contributed by atoms with Crippen LogP contribution in [0.25, 0.3) is 0 Å². The van der Waals surface area contributed by atoms with Crippen LogP contribution in [0.2, 0.25) is 0 Å². The number of nitrogens with zero attached hydrogens (tertiary/aromatic N) is 2. The summed E-state index contributed by atoms with van der Waals surface area (Å²) in [5.41, 5.74) is 5.60. The average molecular weight is 273 g/mol. The van der Waals surface area contributed by atoms with Crippen molar-refractivity contribution >= 4 is 17.3 Å². The Labute approximate surface area is 118 Å². The van der Waals surface area contributed by atoms with Gasteiger partial charge in [0.05, 0.1) is 6.61 Å². The van der Waals surface area contributed by atoms with E-state index >= 15 is 0 Å². The normalized spacial score (nSPS) is 10.3. The Kier molecular flexibility index (Phi) is 4.86. The number of rotatable bonds is 6. The van der Waals surface area contributed by atoms with E-state index in [0.29, 0.717) is 12.4 Å². The van der Waals surface area contributed by atoms with E-state index < -0.39 is 0 Å². The molecule has 0 aliphatic carbocycles. The van der Waals surface area contributed by atoms with Crippen LogP contribution in [0.15, 0.2) is 30.6 Å². The van der Waals surface area contributed by atoms with Crippen LogP contribution in [-0.4, -0.2) is 17.1 Å². The van der Waals surface area contributed by atoms with Gasteiger partial charge in [-0.05, 0) is 24.1 Å². The van der Waals surface area contributed by atoms with E-state index in [4.69, 9.17) is 10.6 Å². The fraction of sp³-hybridized carbons (Fsp3) is 0.286. The van der Waals surface area contributed by atoms with Gasteiger partial charge in [-0.1, -0.05) is 19.1 Å². The Morgan fingerprint density at radius 2 is 2.05 bits per heavy atom. The van der Waals surface area contributed by atoms with E-state index in [1.165, 1.54) is 6.33 Å². The molecule has 20 heavy (non-hydrogen) atoms. The molecule has 0 unspecified atom stereocenters. The lowest BCUT2D eigenvalue weighted by molar-refractivity contribution is 0.185. The lowest BCUT2D eigenvalue weighted by Gasteiger charge is -2.13. The molecule has 2 rings (SSSR count). The molecule has 6 heteroatoms. The third kappa shape index (κ3) is 3.23. The second kappa shape index (κ2) is 6.83. The summed E-state index contributed by atoms with van der Waals surface area (Å²) >= 11 is 0. The fourth-order valence-corrected chi connectivity index (χ4v) is 2.02. The molecule has 0 radical (unpaired) electrons. The van der Waals surface area contributed by atoms with Crippen LogP contribution in [0.5, 0.6) is 0 Å². The molecule has 4 N–H and O–H groups in total. The first-order valence-corrected chi connectivity index (χ1v) is 6.43. The predicted molar refractivity (Wildman–Crippen MR) is 79.7 cm³/mol. The standard InChI is InChI=1S/C14H19N5O/c1-3-12-13(16-9-17-14(12)19-15)18-11-6-4-5-10(7-11)8-20-2/h4-7,9H,3,8,15H2,1-2H3,(H2,16,17,18,19). The Morgan fingerprint density at radius 3 is 2.75 bits per heavy atom. The van der Waals surface area contributed by atoms with E-state index in [0.717, 1.165) is 29.1 Å². The van der Waals surface area contributed by atoms with Crippen molar-refractivity contribution in [3.8, 4) is 0 Å². The highest BCUT2D eigenvalue weighted by Gasteiger charge is 2.09. The zero-order valence-corrected chi connectivity index (χ0v) is 11.7. The van der Waals surface area contributed by atoms with Gasteiger partial charge in [0.15, 0.2) is 0 Å². The highest BCUT2D eigenvalue weighted by molar-refractivity contribution is 5.64. The van der Waals surface area contributed by atoms with Crippen molar-refractivity contribution in [2.75, 3.05) is 17.9 Å². The van der Waals surface area contributed by atoms with Crippen LogP contribution in [-0.2, 0) is 17.8 Å². The van der Waals surface area contributed by atoms with Crippen molar-refractivity contribution in [2.45, 2.75) is 20.0 Å². The van der Waals surface area contributed by atoms with Crippen LogP contribution >= 0.6 is 0 Å². The van der Waals surface area contributed by atoms with Gasteiger partial charge in [-0.2, -0.15) is 0 Å². The van der Waals surface area contributed by atoms with Gasteiger partial charge in [0.1, 0.15) is 18.0 Å².